The van der Waals surface area contributed by atoms with Crippen molar-refractivity contribution in [3.8, 4) is 0 Å². The average Bonchev–Trinajstić information content (AvgIpc) is 2.73. The number of carbonyl (C=O) groups excluding carboxylic acids is 2. The van der Waals surface area contributed by atoms with Gasteiger partial charge in [-0.1, -0.05) is 0 Å². The van der Waals surface area contributed by atoms with Gasteiger partial charge in [0.1, 0.15) is 16.6 Å². The van der Waals surface area contributed by atoms with Crippen molar-refractivity contribution in [2.75, 3.05) is 11.9 Å². The molecule has 0 fully saturated rings. The highest BCUT2D eigenvalue weighted by Gasteiger charge is 2.23. The van der Waals surface area contributed by atoms with E-state index in [0.29, 0.717) is 11.6 Å². The number of esters is 1. The molecule has 0 radical (unpaired) electrons. The van der Waals surface area contributed by atoms with E-state index in [-0.39, 0.29) is 22.7 Å². The number of rotatable bonds is 4. The Hall–Kier alpha value is -2.28. The lowest BCUT2D eigenvalue weighted by atomic mass is 10.1. The van der Waals surface area contributed by atoms with Crippen molar-refractivity contribution in [1.29, 1.82) is 0 Å². The van der Waals surface area contributed by atoms with Gasteiger partial charge in [0, 0.05) is 10.9 Å². The molecule has 0 bridgehead atoms. The Morgan fingerprint density at radius 3 is 2.57 bits per heavy atom. The van der Waals surface area contributed by atoms with Crippen LogP contribution in [0.4, 0.5) is 13.8 Å². The Balaban J connectivity index is 2.34. The zero-order chi connectivity index (χ0) is 17.1. The minimum absolute atomic E-state index is 0.202. The lowest BCUT2D eigenvalue weighted by Gasteiger charge is -2.08. The quantitative estimate of drug-likeness (QED) is 0.854. The first kappa shape index (κ1) is 17.1. The summed E-state index contributed by atoms with van der Waals surface area (Å²) in [6, 6.07) is 2.68. The molecule has 1 heterocycles. The fourth-order valence-electron chi connectivity index (χ4n) is 2.01. The first-order chi connectivity index (χ1) is 10.8. The van der Waals surface area contributed by atoms with Gasteiger partial charge in [0.25, 0.3) is 5.91 Å². The topological polar surface area (TPSA) is 55.4 Å². The monoisotopic (exact) mass is 339 g/mol. The number of anilines is 1. The van der Waals surface area contributed by atoms with Gasteiger partial charge in [-0.05, 0) is 38.5 Å². The van der Waals surface area contributed by atoms with Crippen LogP contribution in [0.3, 0.4) is 0 Å². The average molecular weight is 339 g/mol. The van der Waals surface area contributed by atoms with Gasteiger partial charge in [0.2, 0.25) is 0 Å². The fraction of sp³-hybridized carbons (Fsp3) is 0.250. The molecule has 1 aromatic carbocycles. The highest BCUT2D eigenvalue weighted by Crippen LogP contribution is 2.33. The smallest absolute Gasteiger partial charge is 0.341 e. The van der Waals surface area contributed by atoms with Crippen molar-refractivity contribution in [1.82, 2.24) is 0 Å². The predicted octanol–water partition coefficient (Wildman–Crippen LogP) is 4.07. The van der Waals surface area contributed by atoms with Crippen LogP contribution in [-0.2, 0) is 4.74 Å². The molecule has 0 spiro atoms. The van der Waals surface area contributed by atoms with Crippen molar-refractivity contribution < 1.29 is 23.1 Å². The van der Waals surface area contributed by atoms with Gasteiger partial charge < -0.3 is 10.1 Å². The van der Waals surface area contributed by atoms with E-state index in [1.165, 1.54) is 11.3 Å². The molecule has 2 aromatic rings. The van der Waals surface area contributed by atoms with Crippen LogP contribution in [0.15, 0.2) is 18.2 Å². The predicted molar refractivity (Wildman–Crippen MR) is 84.1 cm³/mol. The van der Waals surface area contributed by atoms with Crippen LogP contribution in [0.5, 0.6) is 0 Å². The summed E-state index contributed by atoms with van der Waals surface area (Å²) in [7, 11) is 0. The van der Waals surface area contributed by atoms with Crippen molar-refractivity contribution in [2.24, 2.45) is 0 Å². The summed E-state index contributed by atoms with van der Waals surface area (Å²) in [6.07, 6.45) is 0. The van der Waals surface area contributed by atoms with E-state index in [1.807, 2.05) is 0 Å². The van der Waals surface area contributed by atoms with Crippen LogP contribution >= 0.6 is 11.3 Å². The zero-order valence-corrected chi connectivity index (χ0v) is 13.6. The highest BCUT2D eigenvalue weighted by molar-refractivity contribution is 7.16. The van der Waals surface area contributed by atoms with Crippen LogP contribution in [0.25, 0.3) is 0 Å². The maximum Gasteiger partial charge on any atom is 0.341 e. The number of thiophene rings is 1. The molecule has 2 rings (SSSR count). The molecule has 0 saturated heterocycles. The van der Waals surface area contributed by atoms with Crippen LogP contribution in [0.2, 0.25) is 0 Å². The second-order valence-electron chi connectivity index (χ2n) is 4.79. The molecule has 0 atom stereocenters. The molecule has 23 heavy (non-hydrogen) atoms. The Morgan fingerprint density at radius 1 is 1.26 bits per heavy atom. The molecule has 1 amide bonds. The Labute approximate surface area is 136 Å². The number of aryl methyl sites for hydroxylation is 1. The fourth-order valence-corrected chi connectivity index (χ4v) is 3.05. The number of carbonyl (C=O) groups is 2. The first-order valence-corrected chi connectivity index (χ1v) is 7.70. The summed E-state index contributed by atoms with van der Waals surface area (Å²) in [5.74, 6) is -3.04. The molecule has 0 saturated carbocycles. The number of ether oxygens (including phenoxy) is 1. The molecule has 0 aliphatic carbocycles. The van der Waals surface area contributed by atoms with Crippen molar-refractivity contribution in [3.63, 3.8) is 0 Å². The van der Waals surface area contributed by atoms with E-state index in [1.54, 1.807) is 20.8 Å². The molecular formula is C16H15F2NO3S. The number of hydrogen-bond donors (Lipinski definition) is 1. The molecule has 7 heteroatoms. The molecule has 122 valence electrons. The van der Waals surface area contributed by atoms with E-state index < -0.39 is 23.5 Å². The molecule has 0 unspecified atom stereocenters. The molecular weight excluding hydrogens is 324 g/mol. The van der Waals surface area contributed by atoms with E-state index in [2.05, 4.69) is 5.32 Å². The lowest BCUT2D eigenvalue weighted by Crippen LogP contribution is -2.16. The summed E-state index contributed by atoms with van der Waals surface area (Å²) in [6.45, 7) is 5.43. The Bertz CT molecular complexity index is 771. The Morgan fingerprint density at radius 2 is 1.96 bits per heavy atom. The number of hydrogen-bond acceptors (Lipinski definition) is 4. The van der Waals surface area contributed by atoms with E-state index in [9.17, 15) is 18.4 Å². The van der Waals surface area contributed by atoms with Gasteiger partial charge in [-0.3, -0.25) is 4.79 Å². The largest absolute Gasteiger partial charge is 0.462 e. The van der Waals surface area contributed by atoms with Crippen LogP contribution in [0, 0.1) is 25.5 Å². The molecule has 0 aliphatic rings. The molecule has 0 aliphatic heterocycles. The van der Waals surface area contributed by atoms with Crippen LogP contribution in [-0.4, -0.2) is 18.5 Å². The third-order valence-electron chi connectivity index (χ3n) is 3.27. The van der Waals surface area contributed by atoms with Crippen molar-refractivity contribution >= 4 is 28.2 Å². The zero-order valence-electron chi connectivity index (χ0n) is 12.8. The minimum atomic E-state index is -0.967. The number of halogens is 2. The van der Waals surface area contributed by atoms with Gasteiger partial charge in [-0.25, -0.2) is 13.6 Å². The second kappa shape index (κ2) is 6.87. The van der Waals surface area contributed by atoms with Crippen LogP contribution in [0.1, 0.15) is 38.1 Å². The summed E-state index contributed by atoms with van der Waals surface area (Å²) >= 11 is 1.20. The summed E-state index contributed by atoms with van der Waals surface area (Å²) in [5, 5.41) is 2.79. The normalized spacial score (nSPS) is 10.5. The molecule has 1 aromatic heterocycles. The SMILES string of the molecule is CCOC(=O)c1c(NC(=O)c2ccc(F)cc2F)sc(C)c1C. The number of benzene rings is 1. The summed E-state index contributed by atoms with van der Waals surface area (Å²) in [4.78, 5) is 25.1. The third kappa shape index (κ3) is 3.56. The van der Waals surface area contributed by atoms with Gasteiger partial charge in [-0.2, -0.15) is 0 Å². The van der Waals surface area contributed by atoms with Crippen molar-refractivity contribution in [2.45, 2.75) is 20.8 Å². The van der Waals surface area contributed by atoms with Gasteiger partial charge in [0.15, 0.2) is 0 Å². The standard InChI is InChI=1S/C16H15F2NO3S/c1-4-22-16(21)13-8(2)9(3)23-15(13)19-14(20)11-6-5-10(17)7-12(11)18/h5-7H,4H2,1-3H3,(H,19,20). The van der Waals surface area contributed by atoms with E-state index >= 15 is 0 Å². The van der Waals surface area contributed by atoms with E-state index in [0.717, 1.165) is 17.0 Å². The van der Waals surface area contributed by atoms with Crippen molar-refractivity contribution in [3.05, 3.63) is 51.4 Å². The summed E-state index contributed by atoms with van der Waals surface area (Å²) in [5.41, 5.74) is 0.651. The van der Waals surface area contributed by atoms with E-state index in [4.69, 9.17) is 4.74 Å². The summed E-state index contributed by atoms with van der Waals surface area (Å²) < 4.78 is 31.6. The van der Waals surface area contributed by atoms with Crippen LogP contribution < -0.4 is 5.32 Å². The second-order valence-corrected chi connectivity index (χ2v) is 6.01. The van der Waals surface area contributed by atoms with Gasteiger partial charge in [0.05, 0.1) is 17.7 Å². The minimum Gasteiger partial charge on any atom is -0.462 e. The van der Waals surface area contributed by atoms with Gasteiger partial charge in [-0.15, -0.1) is 11.3 Å². The third-order valence-corrected chi connectivity index (χ3v) is 4.39. The highest BCUT2D eigenvalue weighted by atomic mass is 32.1. The Kier molecular flexibility index (Phi) is 5.10. The lowest BCUT2D eigenvalue weighted by molar-refractivity contribution is 0.0527. The maximum atomic E-state index is 13.7. The maximum absolute atomic E-state index is 13.7. The van der Waals surface area contributed by atoms with Gasteiger partial charge >= 0.3 is 5.97 Å². The molecule has 4 nitrogen and oxygen atoms in total. The molecule has 1 N–H and O–H groups in total. The number of amides is 1. The first-order valence-electron chi connectivity index (χ1n) is 6.88. The number of nitrogens with one attached hydrogen (secondary N) is 1.